The fourth-order valence-electron chi connectivity index (χ4n) is 3.33. The van der Waals surface area contributed by atoms with Crippen LogP contribution in [0.4, 0.5) is 0 Å². The number of ketones is 1. The molecule has 0 spiro atoms. The highest BCUT2D eigenvalue weighted by Gasteiger charge is 2.24. The number of methoxy groups -OCH3 is 1. The summed E-state index contributed by atoms with van der Waals surface area (Å²) in [6.07, 6.45) is 0. The van der Waals surface area contributed by atoms with Gasteiger partial charge < -0.3 is 4.74 Å². The van der Waals surface area contributed by atoms with E-state index in [1.54, 1.807) is 42.0 Å². The second-order valence-corrected chi connectivity index (χ2v) is 12.0. The molecule has 0 bridgehead atoms. The third kappa shape index (κ3) is 5.09. The Morgan fingerprint density at radius 2 is 1.80 bits per heavy atom. The number of nitrogens with zero attached hydrogens (tertiary/aromatic N) is 3. The van der Waals surface area contributed by atoms with Crippen LogP contribution in [-0.4, -0.2) is 32.8 Å². The maximum absolute atomic E-state index is 13.8. The molecule has 0 aliphatic carbocycles. The van der Waals surface area contributed by atoms with E-state index in [1.807, 2.05) is 39.8 Å². The van der Waals surface area contributed by atoms with E-state index < -0.39 is 5.41 Å². The molecule has 4 rings (SSSR count). The molecular formula is C25H24ClN3O3S3. The fourth-order valence-corrected chi connectivity index (χ4v) is 5.92. The number of aryl methyl sites for hydroxylation is 1. The summed E-state index contributed by atoms with van der Waals surface area (Å²) in [5.74, 6) is 0.921. The Labute approximate surface area is 221 Å². The number of aromatic nitrogens is 3. The minimum absolute atomic E-state index is 0.0635. The molecule has 0 saturated heterocycles. The summed E-state index contributed by atoms with van der Waals surface area (Å²) in [5, 5.41) is 1.06. The van der Waals surface area contributed by atoms with Crippen molar-refractivity contribution in [3.63, 3.8) is 0 Å². The Bertz CT molecular complexity index is 1550. The van der Waals surface area contributed by atoms with Gasteiger partial charge in [0.05, 0.1) is 18.6 Å². The van der Waals surface area contributed by atoms with Gasteiger partial charge in [-0.15, -0.1) is 0 Å². The van der Waals surface area contributed by atoms with Crippen molar-refractivity contribution in [2.75, 3.05) is 12.9 Å². The van der Waals surface area contributed by atoms with Crippen molar-refractivity contribution in [2.24, 2.45) is 5.41 Å². The van der Waals surface area contributed by atoms with Crippen LogP contribution in [0.3, 0.4) is 0 Å². The third-order valence-electron chi connectivity index (χ3n) is 5.48. The number of hydrogen-bond donors (Lipinski definition) is 0. The predicted octanol–water partition coefficient (Wildman–Crippen LogP) is 6.65. The van der Waals surface area contributed by atoms with Crippen molar-refractivity contribution < 1.29 is 9.53 Å². The molecule has 4 aromatic rings. The summed E-state index contributed by atoms with van der Waals surface area (Å²) in [6.45, 7) is 7.54. The Morgan fingerprint density at radius 1 is 1.14 bits per heavy atom. The van der Waals surface area contributed by atoms with Gasteiger partial charge in [-0.2, -0.15) is 0 Å². The Kier molecular flexibility index (Phi) is 7.24. The second kappa shape index (κ2) is 9.89. The van der Waals surface area contributed by atoms with Gasteiger partial charge in [0.1, 0.15) is 16.2 Å². The first-order valence-electron chi connectivity index (χ1n) is 10.8. The molecule has 0 N–H and O–H groups in total. The summed E-state index contributed by atoms with van der Waals surface area (Å²) in [6, 6.07) is 12.7. The molecule has 0 saturated carbocycles. The number of benzene rings is 2. The number of hydrogen-bond acceptors (Lipinski definition) is 7. The topological polar surface area (TPSA) is 66.1 Å². The van der Waals surface area contributed by atoms with Crippen molar-refractivity contribution in [2.45, 2.75) is 32.9 Å². The molecule has 2 heterocycles. The van der Waals surface area contributed by atoms with Crippen LogP contribution in [0.25, 0.3) is 21.7 Å². The summed E-state index contributed by atoms with van der Waals surface area (Å²) >= 11 is 14.3. The molecule has 0 amide bonds. The first-order valence-corrected chi connectivity index (χ1v) is 13.4. The van der Waals surface area contributed by atoms with Crippen LogP contribution in [-0.2, 0) is 4.79 Å². The maximum Gasteiger partial charge on any atom is 0.278 e. The summed E-state index contributed by atoms with van der Waals surface area (Å²) in [7, 11) is 1.59. The van der Waals surface area contributed by atoms with Crippen molar-refractivity contribution in [3.05, 3.63) is 67.4 Å². The van der Waals surface area contributed by atoms with Crippen LogP contribution in [0.2, 0.25) is 5.02 Å². The lowest BCUT2D eigenvalue weighted by Crippen LogP contribution is -2.24. The molecule has 0 fully saturated rings. The second-order valence-electron chi connectivity index (χ2n) is 8.98. The molecule has 0 radical (unpaired) electrons. The molecule has 6 nitrogen and oxygen atoms in total. The van der Waals surface area contributed by atoms with Gasteiger partial charge in [-0.1, -0.05) is 55.5 Å². The van der Waals surface area contributed by atoms with Gasteiger partial charge in [-0.3, -0.25) is 18.7 Å². The largest absolute Gasteiger partial charge is 0.497 e. The number of rotatable bonds is 6. The molecular weight excluding hydrogens is 522 g/mol. The zero-order valence-corrected chi connectivity index (χ0v) is 23.1. The third-order valence-corrected chi connectivity index (χ3v) is 8.19. The fraction of sp³-hybridized carbons (Fsp3) is 0.280. The quantitative estimate of drug-likeness (QED) is 0.154. The van der Waals surface area contributed by atoms with Gasteiger partial charge >= 0.3 is 0 Å². The molecule has 2 aromatic heterocycles. The minimum atomic E-state index is -0.501. The molecule has 0 aliphatic heterocycles. The summed E-state index contributed by atoms with van der Waals surface area (Å²) in [4.78, 5) is 31.4. The lowest BCUT2D eigenvalue weighted by Gasteiger charge is -2.17. The van der Waals surface area contributed by atoms with E-state index in [9.17, 15) is 9.59 Å². The predicted molar refractivity (Wildman–Crippen MR) is 147 cm³/mol. The first-order chi connectivity index (χ1) is 16.5. The van der Waals surface area contributed by atoms with Crippen molar-refractivity contribution >= 4 is 63.0 Å². The van der Waals surface area contributed by atoms with Gasteiger partial charge in [-0.25, -0.2) is 4.98 Å². The SMILES string of the molecule is COc1ccc(-n2c(SCC(=O)C(C)(C)C)nc3c(sc(=S)n3-c3ccc(Cl)c(C)c3)c2=O)cc1. The molecule has 35 heavy (non-hydrogen) atoms. The number of carbonyl (C=O) groups excluding carboxylic acids is 1. The number of thiazole rings is 1. The van der Waals surface area contributed by atoms with E-state index in [0.717, 1.165) is 11.3 Å². The maximum atomic E-state index is 13.8. The van der Waals surface area contributed by atoms with Crippen molar-refractivity contribution in [1.82, 2.24) is 14.1 Å². The van der Waals surface area contributed by atoms with Gasteiger partial charge in [0.15, 0.2) is 14.8 Å². The van der Waals surface area contributed by atoms with Crippen LogP contribution in [0.1, 0.15) is 26.3 Å². The van der Waals surface area contributed by atoms with Crippen LogP contribution >= 0.6 is 46.9 Å². The molecule has 10 heteroatoms. The van der Waals surface area contributed by atoms with Crippen molar-refractivity contribution in [3.8, 4) is 17.1 Å². The molecule has 0 unspecified atom stereocenters. The van der Waals surface area contributed by atoms with E-state index in [1.165, 1.54) is 27.7 Å². The Balaban J connectivity index is 1.95. The highest BCUT2D eigenvalue weighted by molar-refractivity contribution is 7.99. The molecule has 2 aromatic carbocycles. The standard InChI is InChI=1S/C25H24ClN3O3S3/c1-14-12-16(8-11-18(14)26)28-21-20(35-24(28)33)22(31)29(15-6-9-17(32-5)10-7-15)23(27-21)34-13-19(30)25(2,3)4/h6-12H,13H2,1-5H3. The van der Waals surface area contributed by atoms with Gasteiger partial charge in [0.25, 0.3) is 5.56 Å². The number of carbonyl (C=O) groups is 1. The van der Waals surface area contributed by atoms with E-state index in [0.29, 0.717) is 35.9 Å². The number of ether oxygens (including phenoxy) is 1. The number of halogens is 1. The smallest absolute Gasteiger partial charge is 0.278 e. The first kappa shape index (κ1) is 25.6. The van der Waals surface area contributed by atoms with Crippen molar-refractivity contribution in [1.29, 1.82) is 0 Å². The molecule has 0 aliphatic rings. The monoisotopic (exact) mass is 545 g/mol. The van der Waals surface area contributed by atoms with Crippen LogP contribution in [0, 0.1) is 16.3 Å². The van der Waals surface area contributed by atoms with E-state index >= 15 is 0 Å². The lowest BCUT2D eigenvalue weighted by atomic mass is 9.92. The number of Topliss-reactive ketones (excluding diaryl/α,β-unsaturated/α-hetero) is 1. The highest BCUT2D eigenvalue weighted by Crippen LogP contribution is 2.30. The highest BCUT2D eigenvalue weighted by atomic mass is 35.5. The van der Waals surface area contributed by atoms with Crippen LogP contribution < -0.4 is 10.3 Å². The zero-order chi connectivity index (χ0) is 25.5. The molecule has 0 atom stereocenters. The zero-order valence-electron chi connectivity index (χ0n) is 19.9. The van der Waals surface area contributed by atoms with E-state index in [-0.39, 0.29) is 17.1 Å². The Morgan fingerprint density at radius 3 is 2.40 bits per heavy atom. The summed E-state index contributed by atoms with van der Waals surface area (Å²) < 4.78 is 9.52. The van der Waals surface area contributed by atoms with Gasteiger partial charge in [0.2, 0.25) is 0 Å². The summed E-state index contributed by atoms with van der Waals surface area (Å²) in [5.41, 5.74) is 2.01. The van der Waals surface area contributed by atoms with Gasteiger partial charge in [0, 0.05) is 16.1 Å². The average Bonchev–Trinajstić information content (AvgIpc) is 3.15. The van der Waals surface area contributed by atoms with Crippen LogP contribution in [0.15, 0.2) is 52.4 Å². The lowest BCUT2D eigenvalue weighted by molar-refractivity contribution is -0.123. The number of fused-ring (bicyclic) bond motifs is 1. The Hall–Kier alpha value is -2.46. The minimum Gasteiger partial charge on any atom is -0.497 e. The normalized spacial score (nSPS) is 11.7. The molecule has 182 valence electrons. The number of thioether (sulfide) groups is 1. The van der Waals surface area contributed by atoms with E-state index in [2.05, 4.69) is 0 Å². The van der Waals surface area contributed by atoms with Crippen LogP contribution in [0.5, 0.6) is 5.75 Å². The van der Waals surface area contributed by atoms with E-state index in [4.69, 9.17) is 33.5 Å². The van der Waals surface area contributed by atoms with Gasteiger partial charge in [-0.05, 0) is 67.2 Å². The average molecular weight is 546 g/mol.